The first kappa shape index (κ1) is 10.7. The summed E-state index contributed by atoms with van der Waals surface area (Å²) in [4.78, 5) is 7.32. The molecule has 0 saturated heterocycles. The van der Waals surface area contributed by atoms with Crippen molar-refractivity contribution in [2.24, 2.45) is 5.16 Å². The molecule has 0 atom stereocenters. The van der Waals surface area contributed by atoms with E-state index in [0.29, 0.717) is 0 Å². The fourth-order valence-electron chi connectivity index (χ4n) is 2.59. The van der Waals surface area contributed by atoms with Gasteiger partial charge >= 0.3 is 0 Å². The molecule has 0 aromatic carbocycles. The maximum Gasteiger partial charge on any atom is 0.106 e. The van der Waals surface area contributed by atoms with Crippen LogP contribution in [0.4, 0.5) is 0 Å². The molecule has 1 aliphatic heterocycles. The van der Waals surface area contributed by atoms with Gasteiger partial charge in [0, 0.05) is 19.1 Å². The third-order valence-corrected chi connectivity index (χ3v) is 3.37. The van der Waals surface area contributed by atoms with Crippen molar-refractivity contribution in [1.82, 2.24) is 4.90 Å². The van der Waals surface area contributed by atoms with Crippen molar-refractivity contribution in [3.8, 4) is 0 Å². The average Bonchev–Trinajstić information content (AvgIpc) is 2.80. The van der Waals surface area contributed by atoms with E-state index in [9.17, 15) is 0 Å². The van der Waals surface area contributed by atoms with Crippen LogP contribution in [0.25, 0.3) is 0 Å². The third kappa shape index (κ3) is 2.81. The van der Waals surface area contributed by atoms with Gasteiger partial charge in [-0.2, -0.15) is 0 Å². The van der Waals surface area contributed by atoms with Crippen LogP contribution >= 0.6 is 0 Å². The fourth-order valence-corrected chi connectivity index (χ4v) is 2.59. The number of rotatable bonds is 3. The van der Waals surface area contributed by atoms with Gasteiger partial charge in [0.2, 0.25) is 0 Å². The molecule has 0 N–H and O–H groups in total. The molecule has 2 aliphatic rings. The van der Waals surface area contributed by atoms with Crippen molar-refractivity contribution < 1.29 is 4.84 Å². The van der Waals surface area contributed by atoms with Crippen molar-refractivity contribution in [2.75, 3.05) is 20.2 Å². The first-order valence-corrected chi connectivity index (χ1v) is 5.90. The van der Waals surface area contributed by atoms with Crippen LogP contribution in [0.15, 0.2) is 16.8 Å². The average molecular weight is 208 g/mol. The van der Waals surface area contributed by atoms with Gasteiger partial charge in [-0.15, -0.1) is 0 Å². The highest BCUT2D eigenvalue weighted by Gasteiger charge is 2.23. The normalized spacial score (nSPS) is 24.7. The van der Waals surface area contributed by atoms with E-state index in [2.05, 4.69) is 16.1 Å². The second-order valence-electron chi connectivity index (χ2n) is 4.39. The summed E-state index contributed by atoms with van der Waals surface area (Å²) in [5.41, 5.74) is 1.30. The summed E-state index contributed by atoms with van der Waals surface area (Å²) in [6, 6.07) is 0.824. The highest BCUT2D eigenvalue weighted by Crippen LogP contribution is 2.25. The number of oxime groups is 1. The number of nitrogens with zero attached hydrogens (tertiary/aromatic N) is 2. The van der Waals surface area contributed by atoms with Crippen LogP contribution in [0.1, 0.15) is 32.1 Å². The molecule has 1 saturated carbocycles. The lowest BCUT2D eigenvalue weighted by Crippen LogP contribution is -2.37. The maximum absolute atomic E-state index is 4.72. The van der Waals surface area contributed by atoms with Crippen molar-refractivity contribution in [2.45, 2.75) is 38.1 Å². The molecule has 0 aromatic rings. The SMILES string of the molecule is CO/N=C/C1=CCCN(C2CCCC2)C1. The molecule has 0 amide bonds. The van der Waals surface area contributed by atoms with Gasteiger partial charge in [0.15, 0.2) is 0 Å². The predicted octanol–water partition coefficient (Wildman–Crippen LogP) is 2.19. The molecule has 1 fully saturated rings. The Balaban J connectivity index is 1.89. The smallest absolute Gasteiger partial charge is 0.106 e. The molecular weight excluding hydrogens is 188 g/mol. The van der Waals surface area contributed by atoms with Gasteiger partial charge in [0.1, 0.15) is 7.11 Å². The second kappa shape index (κ2) is 5.31. The minimum absolute atomic E-state index is 0.824. The van der Waals surface area contributed by atoms with Crippen LogP contribution in [0.3, 0.4) is 0 Å². The van der Waals surface area contributed by atoms with Gasteiger partial charge in [-0.1, -0.05) is 24.1 Å². The summed E-state index contributed by atoms with van der Waals surface area (Å²) in [6.07, 6.45) is 10.9. The van der Waals surface area contributed by atoms with Gasteiger partial charge in [-0.05, 0) is 24.8 Å². The zero-order valence-electron chi connectivity index (χ0n) is 9.48. The Bertz CT molecular complexity index is 254. The third-order valence-electron chi connectivity index (χ3n) is 3.37. The van der Waals surface area contributed by atoms with Crippen LogP contribution in [0.5, 0.6) is 0 Å². The highest BCUT2D eigenvalue weighted by molar-refractivity contribution is 5.78. The van der Waals surface area contributed by atoms with E-state index in [1.807, 2.05) is 6.21 Å². The molecule has 2 rings (SSSR count). The Morgan fingerprint density at radius 2 is 2.27 bits per heavy atom. The highest BCUT2D eigenvalue weighted by atomic mass is 16.6. The van der Waals surface area contributed by atoms with Crippen LogP contribution < -0.4 is 0 Å². The Kier molecular flexibility index (Phi) is 3.78. The van der Waals surface area contributed by atoms with Crippen LogP contribution in [-0.4, -0.2) is 37.4 Å². The molecule has 3 heteroatoms. The van der Waals surface area contributed by atoms with Gasteiger partial charge in [-0.3, -0.25) is 4.90 Å². The monoisotopic (exact) mass is 208 g/mol. The lowest BCUT2D eigenvalue weighted by atomic mass is 10.1. The number of hydrogen-bond donors (Lipinski definition) is 0. The Morgan fingerprint density at radius 3 is 3.00 bits per heavy atom. The van der Waals surface area contributed by atoms with E-state index in [0.717, 1.165) is 19.0 Å². The minimum atomic E-state index is 0.824. The van der Waals surface area contributed by atoms with Crippen LogP contribution in [0, 0.1) is 0 Å². The summed E-state index contributed by atoms with van der Waals surface area (Å²) in [5.74, 6) is 0. The van der Waals surface area contributed by atoms with E-state index in [1.54, 1.807) is 7.11 Å². The predicted molar refractivity (Wildman–Crippen MR) is 62.0 cm³/mol. The quantitative estimate of drug-likeness (QED) is 0.524. The number of hydrogen-bond acceptors (Lipinski definition) is 3. The molecule has 0 aromatic heterocycles. The van der Waals surface area contributed by atoms with E-state index in [-0.39, 0.29) is 0 Å². The summed E-state index contributed by atoms with van der Waals surface area (Å²) in [7, 11) is 1.59. The fraction of sp³-hybridized carbons (Fsp3) is 0.750. The zero-order chi connectivity index (χ0) is 10.5. The van der Waals surface area contributed by atoms with Gasteiger partial charge in [0.05, 0.1) is 6.21 Å². The summed E-state index contributed by atoms with van der Waals surface area (Å²) in [6.45, 7) is 2.27. The lowest BCUT2D eigenvalue weighted by Gasteiger charge is -2.31. The molecule has 1 heterocycles. The first-order chi connectivity index (χ1) is 7.40. The Labute approximate surface area is 91.8 Å². The molecular formula is C12H20N2O. The van der Waals surface area contributed by atoms with Gasteiger partial charge in [-0.25, -0.2) is 0 Å². The molecule has 84 valence electrons. The zero-order valence-corrected chi connectivity index (χ0v) is 9.48. The van der Waals surface area contributed by atoms with Crippen LogP contribution in [-0.2, 0) is 4.84 Å². The van der Waals surface area contributed by atoms with Crippen molar-refractivity contribution in [1.29, 1.82) is 0 Å². The van der Waals surface area contributed by atoms with Crippen molar-refractivity contribution in [3.05, 3.63) is 11.6 Å². The first-order valence-electron chi connectivity index (χ1n) is 5.90. The van der Waals surface area contributed by atoms with E-state index in [4.69, 9.17) is 4.84 Å². The van der Waals surface area contributed by atoms with Crippen molar-refractivity contribution in [3.63, 3.8) is 0 Å². The summed E-state index contributed by atoms with van der Waals surface area (Å²) >= 11 is 0. The van der Waals surface area contributed by atoms with E-state index < -0.39 is 0 Å². The summed E-state index contributed by atoms with van der Waals surface area (Å²) < 4.78 is 0. The maximum atomic E-state index is 4.72. The van der Waals surface area contributed by atoms with Crippen LogP contribution in [0.2, 0.25) is 0 Å². The standard InChI is InChI=1S/C12H20N2O/c1-15-13-9-11-5-4-8-14(10-11)12-6-2-3-7-12/h5,9,12H,2-4,6-8,10H2,1H3/b13-9+. The molecule has 0 unspecified atom stereocenters. The van der Waals surface area contributed by atoms with Crippen molar-refractivity contribution >= 4 is 6.21 Å². The molecule has 3 nitrogen and oxygen atoms in total. The molecule has 0 radical (unpaired) electrons. The summed E-state index contributed by atoms with van der Waals surface area (Å²) in [5, 5.41) is 3.84. The van der Waals surface area contributed by atoms with Gasteiger partial charge in [0.25, 0.3) is 0 Å². The Hall–Kier alpha value is -0.830. The topological polar surface area (TPSA) is 24.8 Å². The Morgan fingerprint density at radius 1 is 1.47 bits per heavy atom. The molecule has 15 heavy (non-hydrogen) atoms. The largest absolute Gasteiger partial charge is 0.399 e. The minimum Gasteiger partial charge on any atom is -0.399 e. The molecule has 1 aliphatic carbocycles. The molecule has 0 spiro atoms. The van der Waals surface area contributed by atoms with E-state index >= 15 is 0 Å². The second-order valence-corrected chi connectivity index (χ2v) is 4.39. The van der Waals surface area contributed by atoms with Gasteiger partial charge < -0.3 is 4.84 Å². The molecule has 0 bridgehead atoms. The lowest BCUT2D eigenvalue weighted by molar-refractivity contribution is 0.208. The van der Waals surface area contributed by atoms with E-state index in [1.165, 1.54) is 37.8 Å².